The minimum atomic E-state index is -0.464. The normalized spacial score (nSPS) is 31.9. The van der Waals surface area contributed by atoms with Gasteiger partial charge in [0.15, 0.2) is 0 Å². The van der Waals surface area contributed by atoms with Gasteiger partial charge in [-0.2, -0.15) is 0 Å². The Labute approximate surface area is 95.4 Å². The van der Waals surface area contributed by atoms with Gasteiger partial charge in [-0.3, -0.25) is 9.59 Å². The van der Waals surface area contributed by atoms with Crippen LogP contribution in [0.5, 0.6) is 0 Å². The molecule has 2 amide bonds. The van der Waals surface area contributed by atoms with Crippen LogP contribution in [-0.4, -0.2) is 34.8 Å². The summed E-state index contributed by atoms with van der Waals surface area (Å²) in [4.78, 5) is 25.4. The van der Waals surface area contributed by atoms with Crippen molar-refractivity contribution in [2.45, 2.75) is 44.8 Å². The molecule has 4 nitrogen and oxygen atoms in total. The fourth-order valence-corrected chi connectivity index (χ4v) is 2.17. The summed E-state index contributed by atoms with van der Waals surface area (Å²) in [5.74, 6) is 2.71. The molecule has 86 valence electrons. The van der Waals surface area contributed by atoms with Gasteiger partial charge in [0.05, 0.1) is 6.04 Å². The van der Waals surface area contributed by atoms with E-state index in [0.29, 0.717) is 5.92 Å². The number of terminal acetylenes is 1. The molecule has 4 heteroatoms. The number of nitrogens with zero attached hydrogens (tertiary/aromatic N) is 1. The molecule has 0 aromatic carbocycles. The molecule has 3 unspecified atom stereocenters. The van der Waals surface area contributed by atoms with E-state index < -0.39 is 6.04 Å². The van der Waals surface area contributed by atoms with Crippen molar-refractivity contribution < 1.29 is 9.59 Å². The van der Waals surface area contributed by atoms with Crippen molar-refractivity contribution in [1.29, 1.82) is 0 Å². The predicted octanol–water partition coefficient (Wildman–Crippen LogP) is 0.134. The fourth-order valence-electron chi connectivity index (χ4n) is 2.17. The van der Waals surface area contributed by atoms with Gasteiger partial charge in [0.2, 0.25) is 11.8 Å². The van der Waals surface area contributed by atoms with E-state index in [9.17, 15) is 9.59 Å². The molecule has 1 aliphatic carbocycles. The molecule has 1 saturated heterocycles. The van der Waals surface area contributed by atoms with Crippen LogP contribution in [-0.2, 0) is 9.59 Å². The summed E-state index contributed by atoms with van der Waals surface area (Å²) in [5.41, 5.74) is 0. The molecule has 2 aliphatic rings. The summed E-state index contributed by atoms with van der Waals surface area (Å²) in [6.45, 7) is 3.49. The Hall–Kier alpha value is -1.50. The first-order valence-corrected chi connectivity index (χ1v) is 5.65. The quantitative estimate of drug-likeness (QED) is 0.673. The van der Waals surface area contributed by atoms with E-state index in [4.69, 9.17) is 6.42 Å². The Morgan fingerprint density at radius 2 is 2.12 bits per heavy atom. The number of nitrogens with one attached hydrogen (secondary N) is 1. The Morgan fingerprint density at radius 3 is 2.62 bits per heavy atom. The number of hydrogen-bond acceptors (Lipinski definition) is 2. The summed E-state index contributed by atoms with van der Waals surface area (Å²) < 4.78 is 0. The van der Waals surface area contributed by atoms with Gasteiger partial charge in [-0.25, -0.2) is 0 Å². The molecule has 0 spiro atoms. The van der Waals surface area contributed by atoms with Gasteiger partial charge in [0.25, 0.3) is 0 Å². The lowest BCUT2D eigenvalue weighted by molar-refractivity contribution is -0.150. The van der Waals surface area contributed by atoms with E-state index >= 15 is 0 Å². The average Bonchev–Trinajstić information content (AvgIpc) is 3.07. The lowest BCUT2D eigenvalue weighted by atomic mass is 10.0. The van der Waals surface area contributed by atoms with Crippen LogP contribution in [0.15, 0.2) is 0 Å². The molecule has 1 N–H and O–H groups in total. The summed E-state index contributed by atoms with van der Waals surface area (Å²) >= 11 is 0. The molecule has 16 heavy (non-hydrogen) atoms. The lowest BCUT2D eigenvalue weighted by Gasteiger charge is -2.39. The highest BCUT2D eigenvalue weighted by Gasteiger charge is 2.46. The maximum atomic E-state index is 12.2. The number of carbonyl (C=O) groups excluding carboxylic acids is 2. The van der Waals surface area contributed by atoms with Crippen LogP contribution in [0, 0.1) is 18.3 Å². The number of amides is 2. The van der Waals surface area contributed by atoms with Crippen LogP contribution in [0.2, 0.25) is 0 Å². The van der Waals surface area contributed by atoms with E-state index in [1.165, 1.54) is 4.90 Å². The van der Waals surface area contributed by atoms with Crippen LogP contribution in [0.25, 0.3) is 0 Å². The monoisotopic (exact) mass is 220 g/mol. The predicted molar refractivity (Wildman–Crippen MR) is 59.3 cm³/mol. The molecule has 3 atom stereocenters. The molecule has 1 heterocycles. The Bertz CT molecular complexity index is 368. The topological polar surface area (TPSA) is 49.4 Å². The smallest absolute Gasteiger partial charge is 0.247 e. The summed E-state index contributed by atoms with van der Waals surface area (Å²) in [5, 5.41) is 2.79. The first-order valence-electron chi connectivity index (χ1n) is 5.65. The second-order valence-corrected chi connectivity index (χ2v) is 4.59. The molecule has 0 aromatic rings. The van der Waals surface area contributed by atoms with E-state index in [1.807, 2.05) is 0 Å². The zero-order chi connectivity index (χ0) is 11.9. The maximum absolute atomic E-state index is 12.2. The van der Waals surface area contributed by atoms with Gasteiger partial charge in [-0.05, 0) is 32.6 Å². The summed E-state index contributed by atoms with van der Waals surface area (Å²) in [7, 11) is 0. The number of hydrogen-bond donors (Lipinski definition) is 1. The largest absolute Gasteiger partial charge is 0.342 e. The molecule has 0 bridgehead atoms. The van der Waals surface area contributed by atoms with Gasteiger partial charge >= 0.3 is 0 Å². The molecule has 0 aromatic heterocycles. The van der Waals surface area contributed by atoms with Crippen LogP contribution in [0.1, 0.15) is 26.7 Å². The van der Waals surface area contributed by atoms with E-state index in [0.717, 1.165) is 12.8 Å². The molecule has 0 radical (unpaired) electrons. The minimum Gasteiger partial charge on any atom is -0.342 e. The summed E-state index contributed by atoms with van der Waals surface area (Å²) in [6.07, 6.45) is 7.37. The number of piperazine rings is 1. The van der Waals surface area contributed by atoms with Gasteiger partial charge in [-0.1, -0.05) is 5.92 Å². The van der Waals surface area contributed by atoms with Gasteiger partial charge in [0.1, 0.15) is 12.1 Å². The third-order valence-corrected chi connectivity index (χ3v) is 3.37. The SMILES string of the molecule is C#CC(C)N1C(=O)C(C2CC2)NC(=O)C1C. The minimum absolute atomic E-state index is 0.0277. The highest BCUT2D eigenvalue weighted by molar-refractivity contribution is 5.97. The zero-order valence-corrected chi connectivity index (χ0v) is 9.56. The highest BCUT2D eigenvalue weighted by Crippen LogP contribution is 2.35. The van der Waals surface area contributed by atoms with Crippen molar-refractivity contribution in [2.24, 2.45) is 5.92 Å². The van der Waals surface area contributed by atoms with Crippen molar-refractivity contribution in [2.75, 3.05) is 0 Å². The second kappa shape index (κ2) is 3.82. The average molecular weight is 220 g/mol. The van der Waals surface area contributed by atoms with Crippen molar-refractivity contribution in [3.63, 3.8) is 0 Å². The van der Waals surface area contributed by atoms with Crippen LogP contribution >= 0.6 is 0 Å². The van der Waals surface area contributed by atoms with Crippen molar-refractivity contribution in [1.82, 2.24) is 10.2 Å². The molecular weight excluding hydrogens is 204 g/mol. The molecule has 2 fully saturated rings. The van der Waals surface area contributed by atoms with Gasteiger partial charge in [-0.15, -0.1) is 6.42 Å². The first kappa shape index (κ1) is 11.0. The van der Waals surface area contributed by atoms with Crippen LogP contribution < -0.4 is 5.32 Å². The van der Waals surface area contributed by atoms with Crippen molar-refractivity contribution >= 4 is 11.8 Å². The Balaban J connectivity index is 2.22. The van der Waals surface area contributed by atoms with Crippen molar-refractivity contribution in [3.8, 4) is 12.3 Å². The molecular formula is C12H16N2O2. The number of carbonyl (C=O) groups is 2. The maximum Gasteiger partial charge on any atom is 0.247 e. The van der Waals surface area contributed by atoms with Crippen LogP contribution in [0.3, 0.4) is 0 Å². The van der Waals surface area contributed by atoms with Gasteiger partial charge < -0.3 is 10.2 Å². The molecule has 1 aliphatic heterocycles. The van der Waals surface area contributed by atoms with Gasteiger partial charge in [0, 0.05) is 0 Å². The molecule has 1 saturated carbocycles. The van der Waals surface area contributed by atoms with E-state index in [-0.39, 0.29) is 23.9 Å². The number of rotatable bonds is 2. The lowest BCUT2D eigenvalue weighted by Crippen LogP contribution is -2.64. The van der Waals surface area contributed by atoms with E-state index in [2.05, 4.69) is 11.2 Å². The standard InChI is InChI=1S/C12H16N2O2/c1-4-7(2)14-8(3)11(15)13-10(12(14)16)9-5-6-9/h1,7-10H,5-6H2,2-3H3,(H,13,15). The van der Waals surface area contributed by atoms with Crippen LogP contribution in [0.4, 0.5) is 0 Å². The van der Waals surface area contributed by atoms with E-state index in [1.54, 1.807) is 13.8 Å². The Morgan fingerprint density at radius 1 is 1.50 bits per heavy atom. The second-order valence-electron chi connectivity index (χ2n) is 4.59. The third kappa shape index (κ3) is 1.67. The Kier molecular flexibility index (Phi) is 2.63. The first-order chi connectivity index (χ1) is 7.56. The highest BCUT2D eigenvalue weighted by atomic mass is 16.2. The van der Waals surface area contributed by atoms with Crippen molar-refractivity contribution in [3.05, 3.63) is 0 Å². The third-order valence-electron chi connectivity index (χ3n) is 3.37. The molecule has 2 rings (SSSR count). The fraction of sp³-hybridized carbons (Fsp3) is 0.667. The zero-order valence-electron chi connectivity index (χ0n) is 9.56. The summed E-state index contributed by atoms with van der Waals surface area (Å²) in [6, 6.07) is -1.14.